The van der Waals surface area contributed by atoms with E-state index in [0.29, 0.717) is 87.6 Å². The number of benzene rings is 8. The zero-order valence-corrected chi connectivity index (χ0v) is 68.6. The zero-order chi connectivity index (χ0) is 79.6. The number of carbonyl (C=O) groups excluding carboxylic acids is 8. The molecule has 36 heteroatoms. The van der Waals surface area contributed by atoms with E-state index >= 15 is 0 Å². The maximum atomic E-state index is 12.4. The second kappa shape index (κ2) is 46.7. The molecule has 0 unspecified atom stereocenters. The first-order valence-corrected chi connectivity index (χ1v) is 45.0. The Kier molecular flexibility index (Phi) is 41.7. The summed E-state index contributed by atoms with van der Waals surface area (Å²) in [5, 5.41) is 14.9. The van der Waals surface area contributed by atoms with Gasteiger partial charge in [-0.25, -0.2) is 14.4 Å². The van der Waals surface area contributed by atoms with Crippen LogP contribution in [0.4, 0.5) is 0 Å². The molecule has 8 rings (SSSR count). The van der Waals surface area contributed by atoms with Gasteiger partial charge in [0, 0.05) is 87.0 Å². The van der Waals surface area contributed by atoms with Gasteiger partial charge in [0.05, 0.1) is 0 Å². The molecule has 573 valence electrons. The van der Waals surface area contributed by atoms with Gasteiger partial charge in [0.1, 0.15) is 23.0 Å². The van der Waals surface area contributed by atoms with Crippen molar-refractivity contribution >= 4 is 150 Å². The molecule has 8 aromatic rings. The monoisotopic (exact) mass is 1840 g/mol. The first kappa shape index (κ1) is 95.5. The number of halogens is 10. The third-order valence-electron chi connectivity index (χ3n) is 13.1. The Hall–Kier alpha value is -7.56. The van der Waals surface area contributed by atoms with Crippen LogP contribution in [0.15, 0.2) is 210 Å². The quantitative estimate of drug-likeness (QED) is 0.00441. The van der Waals surface area contributed by atoms with E-state index in [1.54, 1.807) is 222 Å². The van der Waals surface area contributed by atoms with Crippen LogP contribution >= 0.6 is 104 Å². The van der Waals surface area contributed by atoms with Crippen molar-refractivity contribution in [3.63, 3.8) is 0 Å². The number of hydrogen-bond donors (Lipinski definition) is 0. The Morgan fingerprint density at radius 3 is 0.682 bits per heavy atom. The van der Waals surface area contributed by atoms with Gasteiger partial charge in [0.25, 0.3) is 18.8 Å². The Labute approximate surface area is 677 Å². The Balaban J connectivity index is 0.000000467. The van der Waals surface area contributed by atoms with Crippen molar-refractivity contribution in [3.05, 3.63) is 279 Å². The summed E-state index contributed by atoms with van der Waals surface area (Å²) in [6.45, 7) is 11.1. The Morgan fingerprint density at radius 2 is 0.514 bits per heavy atom. The van der Waals surface area contributed by atoms with Gasteiger partial charge in [-0.15, -0.1) is 15.2 Å². The van der Waals surface area contributed by atoms with Crippen LogP contribution in [0.25, 0.3) is 0 Å². The molecule has 0 aliphatic heterocycles. The van der Waals surface area contributed by atoms with Crippen LogP contribution in [0.2, 0.25) is 20.1 Å². The van der Waals surface area contributed by atoms with Crippen LogP contribution < -0.4 is 18.9 Å². The van der Waals surface area contributed by atoms with Gasteiger partial charge in [0.15, 0.2) is 62.3 Å². The van der Waals surface area contributed by atoms with Gasteiger partial charge < -0.3 is 52.9 Å². The Bertz CT molecular complexity index is 4100. The molecular formula is C71H62AgCl10N3O21Zr-. The minimum atomic E-state index is -3.29. The summed E-state index contributed by atoms with van der Waals surface area (Å²) in [6.07, 6.45) is 0. The topological polar surface area (TPSA) is 331 Å². The van der Waals surface area contributed by atoms with Crippen molar-refractivity contribution in [1.82, 2.24) is 0 Å². The van der Waals surface area contributed by atoms with Crippen molar-refractivity contribution in [1.29, 1.82) is 0 Å². The van der Waals surface area contributed by atoms with Crippen molar-refractivity contribution in [2.75, 3.05) is 19.7 Å². The summed E-state index contributed by atoms with van der Waals surface area (Å²) in [5.74, 6) is -0.955. The molecule has 8 aromatic carbocycles. The summed E-state index contributed by atoms with van der Waals surface area (Å²) < 4.78 is 36.4. The fraction of sp³-hybridized carbons (Fsp3) is 0.211. The van der Waals surface area contributed by atoms with E-state index in [0.717, 1.165) is 5.34 Å². The molecule has 0 spiro atoms. The molecule has 107 heavy (non-hydrogen) atoms. The maximum absolute atomic E-state index is 12.4. The van der Waals surface area contributed by atoms with E-state index in [9.17, 15) is 48.2 Å². The minimum absolute atomic E-state index is 0. The van der Waals surface area contributed by atoms with Crippen LogP contribution in [0, 0.1) is 19.9 Å². The predicted octanol–water partition coefficient (Wildman–Crippen LogP) is 19.8. The molecule has 0 aliphatic carbocycles. The number of hydrogen-bond acceptors (Lipinski definition) is 24. The molecule has 0 saturated heterocycles. The molecule has 0 N–H and O–H groups in total. The summed E-state index contributed by atoms with van der Waals surface area (Å²) in [5.41, 5.74) is -0.895. The summed E-state index contributed by atoms with van der Waals surface area (Å²) in [6, 6.07) is 51.9. The van der Waals surface area contributed by atoms with Gasteiger partial charge in [-0.3, -0.25) is 24.0 Å². The molecule has 24 nitrogen and oxygen atoms in total. The first-order valence-electron chi connectivity index (χ1n) is 30.0. The number of esters is 3. The summed E-state index contributed by atoms with van der Waals surface area (Å²) >= 11 is 30.8. The van der Waals surface area contributed by atoms with Crippen LogP contribution in [0.5, 0.6) is 23.0 Å². The molecule has 1 radical (unpaired) electrons. The standard InChI is InChI=1S/C18H16Cl2O4.2C18H16ClNO6.C17H14Cl2O3.Ag.4ClH.HNO2.Zr/c1-18(2,17(22)23-11-19)24-15-9-5-13(6-10-15)16(21)12-3-7-14(20)8-4-12;2*1-18(2,17(22)24-11-25-20-23)26-15-9-5-13(6-10-15)16(21)12-3-7-14(19)8-4-12;1-17(2,16(19)21)22-14-9-5-12(6-10-14)15(20)11-3-7-13(18)8-4-11;;;;;;2-1-3;/h3-10H,11H2,1-2H3;2*3-10H,11H2,1-2H3;3-10H,1-2H3;;4*1H;(H,2,3);/q;;;;;;;;;;+4/p-5. The second-order valence-corrected chi connectivity index (χ2v) is 47.4. The van der Waals surface area contributed by atoms with Crippen LogP contribution in [0.3, 0.4) is 0 Å². The summed E-state index contributed by atoms with van der Waals surface area (Å²) in [7, 11) is 20.1. The van der Waals surface area contributed by atoms with E-state index < -0.39 is 74.6 Å². The van der Waals surface area contributed by atoms with Crippen LogP contribution in [0.1, 0.15) is 119 Å². The molecule has 0 bridgehead atoms. The average molecular weight is 1850 g/mol. The fourth-order valence-corrected chi connectivity index (χ4v) is 8.53. The van der Waals surface area contributed by atoms with Crippen molar-refractivity contribution in [2.45, 2.75) is 77.8 Å². The molecule has 0 aromatic heterocycles. The average Bonchev–Trinajstić information content (AvgIpc) is 0.846. The Morgan fingerprint density at radius 1 is 0.346 bits per heavy atom. The van der Waals surface area contributed by atoms with E-state index in [1.165, 1.54) is 27.7 Å². The van der Waals surface area contributed by atoms with Gasteiger partial charge in [-0.2, -0.15) is 0 Å². The van der Waals surface area contributed by atoms with Gasteiger partial charge >= 0.3 is 67.5 Å². The van der Waals surface area contributed by atoms with Gasteiger partial charge in [-0.1, -0.05) is 58.0 Å². The molecule has 0 fully saturated rings. The number of carbonyl (C=O) groups is 8. The van der Waals surface area contributed by atoms with Crippen molar-refractivity contribution < 1.29 is 119 Å². The number of ether oxygens (including phenoxy) is 7. The molecule has 0 saturated carbocycles. The summed E-state index contributed by atoms with van der Waals surface area (Å²) in [4.78, 5) is 132. The number of rotatable bonds is 27. The normalized spacial score (nSPS) is 10.6. The van der Waals surface area contributed by atoms with Crippen molar-refractivity contribution in [3.8, 4) is 23.0 Å². The van der Waals surface area contributed by atoms with E-state index in [1.807, 2.05) is 0 Å². The zero-order valence-electron chi connectivity index (χ0n) is 57.1. The first-order chi connectivity index (χ1) is 49.7. The van der Waals surface area contributed by atoms with Gasteiger partial charge in [0.2, 0.25) is 0 Å². The number of alkyl halides is 1. The predicted molar refractivity (Wildman–Crippen MR) is 400 cm³/mol. The van der Waals surface area contributed by atoms with Crippen LogP contribution in [-0.2, 0) is 80.9 Å². The third-order valence-corrected chi connectivity index (χ3v) is 14.7. The molecule has 0 atom stereocenters. The molecule has 0 aliphatic rings. The van der Waals surface area contributed by atoms with Crippen molar-refractivity contribution in [2.24, 2.45) is 16.0 Å². The molecule has 0 heterocycles. The SMILES string of the molecule is CC(C)(Oc1ccc(C(=O)c2ccc(Cl)cc2)cc1)C(=O)Cl.CC(C)(Oc1ccc(C(=O)c2ccc(Cl)cc2)cc1)C(=O)OCCl.CC(C)(Oc1ccc(C(=O)c2ccc(Cl)cc2)cc1)C(=O)OCON=O.CC(C)(Oc1ccc(C(=O)c2ccc(Cl)cc2)cc1)C(=O)OCON=O.O=N[O-].[Ag].[Cl][Zr]([Cl])([Cl])[Cl]. The fourth-order valence-electron chi connectivity index (χ4n) is 7.89. The molecule has 0 amide bonds. The second-order valence-electron chi connectivity index (χ2n) is 22.7. The van der Waals surface area contributed by atoms with E-state index in [-0.39, 0.29) is 51.6 Å². The number of ketones is 4. The van der Waals surface area contributed by atoms with E-state index in [4.69, 9.17) is 147 Å². The van der Waals surface area contributed by atoms with Gasteiger partial charge in [-0.05, 0) is 261 Å². The van der Waals surface area contributed by atoms with E-state index in [2.05, 4.69) is 20.4 Å². The molecular weight excluding hydrogens is 1780 g/mol. The third kappa shape index (κ3) is 35.1. The van der Waals surface area contributed by atoms with Crippen LogP contribution in [-0.4, -0.2) is 88.3 Å². The number of nitrogens with zero attached hydrogens (tertiary/aromatic N) is 3.